The van der Waals surface area contributed by atoms with Gasteiger partial charge in [0.05, 0.1) is 17.4 Å². The average molecular weight is 463 g/mol. The third kappa shape index (κ3) is 4.92. The number of piperidine rings is 1. The van der Waals surface area contributed by atoms with E-state index in [-0.39, 0.29) is 23.2 Å². The summed E-state index contributed by atoms with van der Waals surface area (Å²) in [5.41, 5.74) is 0. The summed E-state index contributed by atoms with van der Waals surface area (Å²) in [5.74, 6) is -0.159. The van der Waals surface area contributed by atoms with Crippen LogP contribution in [0.4, 0.5) is 0 Å². The maximum Gasteiger partial charge on any atom is 0.309 e. The molecular weight excluding hydrogens is 432 g/mol. The normalized spacial score (nSPS) is 23.9. The molecule has 0 spiro atoms. The maximum atomic E-state index is 13.5. The lowest BCUT2D eigenvalue weighted by Crippen LogP contribution is -2.46. The molecule has 0 saturated carbocycles. The Kier molecular flexibility index (Phi) is 6.91. The number of nitrogens with zero attached hydrogens (tertiary/aromatic N) is 2. The van der Waals surface area contributed by atoms with E-state index in [9.17, 15) is 13.2 Å². The van der Waals surface area contributed by atoms with Crippen molar-refractivity contribution in [2.45, 2.75) is 42.4 Å². The van der Waals surface area contributed by atoms with Crippen molar-refractivity contribution in [3.8, 4) is 0 Å². The predicted molar refractivity (Wildman–Crippen MR) is 125 cm³/mol. The number of hydrogen-bond acceptors (Lipinski definition) is 6. The molecule has 2 aliphatic rings. The molecule has 2 aromatic carbocycles. The van der Waals surface area contributed by atoms with Crippen molar-refractivity contribution < 1.29 is 17.9 Å². The van der Waals surface area contributed by atoms with Gasteiger partial charge in [-0.3, -0.25) is 4.79 Å². The molecule has 0 aliphatic carbocycles. The fraction of sp³-hybridized carbons (Fsp3) is 0.522. The number of likely N-dealkylation sites (tertiary alicyclic amines) is 1. The van der Waals surface area contributed by atoms with Gasteiger partial charge in [-0.15, -0.1) is 0 Å². The summed E-state index contributed by atoms with van der Waals surface area (Å²) in [6, 6.07) is 13.0. The Labute approximate surface area is 190 Å². The van der Waals surface area contributed by atoms with Crippen LogP contribution < -0.4 is 0 Å². The highest BCUT2D eigenvalue weighted by Crippen LogP contribution is 2.31. The van der Waals surface area contributed by atoms with Gasteiger partial charge in [-0.1, -0.05) is 30.3 Å². The lowest BCUT2D eigenvalue weighted by molar-refractivity contribution is -0.149. The second-order valence-corrected chi connectivity index (χ2v) is 11.1. The minimum atomic E-state index is -3.61. The van der Waals surface area contributed by atoms with Crippen molar-refractivity contribution in [3.05, 3.63) is 42.5 Å². The summed E-state index contributed by atoms with van der Waals surface area (Å²) < 4.78 is 33.8. The van der Waals surface area contributed by atoms with E-state index in [2.05, 4.69) is 17.5 Å². The molecule has 8 heteroatoms. The number of ether oxygens (including phenoxy) is 1. The Morgan fingerprint density at radius 1 is 1.13 bits per heavy atom. The molecule has 2 aliphatic heterocycles. The maximum absolute atomic E-state index is 13.5. The molecule has 0 aromatic heterocycles. The molecule has 0 bridgehead atoms. The molecule has 4 rings (SSSR count). The molecule has 168 valence electrons. The standard InChI is InChI=1S/C23H30N2O4S2/c1-2-29-23(26)18-9-11-24(12-10-18)15-20-14-21(30)16-25(20)31(27,28)22-8-7-17-5-3-4-6-19(17)13-22/h3-8,13,18,20-21,30H,2,9-12,14-16H2,1H3/t20-,21+/m0/s1. The first-order valence-corrected chi connectivity index (χ1v) is 12.9. The number of fused-ring (bicyclic) bond motifs is 1. The van der Waals surface area contributed by atoms with Crippen LogP contribution in [0.5, 0.6) is 0 Å². The second-order valence-electron chi connectivity index (χ2n) is 8.45. The van der Waals surface area contributed by atoms with Crippen molar-refractivity contribution in [2.75, 3.05) is 32.8 Å². The Morgan fingerprint density at radius 3 is 2.55 bits per heavy atom. The van der Waals surface area contributed by atoms with E-state index in [1.54, 1.807) is 16.4 Å². The SMILES string of the molecule is CCOC(=O)C1CCN(C[C@@H]2C[C@@H](S)CN2S(=O)(=O)c2ccc3ccccc3c2)CC1. The van der Waals surface area contributed by atoms with Gasteiger partial charge < -0.3 is 9.64 Å². The molecule has 0 unspecified atom stereocenters. The number of esters is 1. The largest absolute Gasteiger partial charge is 0.466 e. The van der Waals surface area contributed by atoms with Gasteiger partial charge >= 0.3 is 5.97 Å². The zero-order chi connectivity index (χ0) is 22.0. The van der Waals surface area contributed by atoms with Gasteiger partial charge in [0.2, 0.25) is 10.0 Å². The van der Waals surface area contributed by atoms with E-state index in [1.165, 1.54) is 0 Å². The minimum Gasteiger partial charge on any atom is -0.466 e. The van der Waals surface area contributed by atoms with Gasteiger partial charge in [-0.25, -0.2) is 8.42 Å². The molecule has 2 atom stereocenters. The lowest BCUT2D eigenvalue weighted by atomic mass is 9.96. The molecule has 31 heavy (non-hydrogen) atoms. The number of thiol groups is 1. The molecule has 6 nitrogen and oxygen atoms in total. The van der Waals surface area contributed by atoms with Gasteiger partial charge in [-0.2, -0.15) is 16.9 Å². The highest BCUT2D eigenvalue weighted by atomic mass is 32.2. The van der Waals surface area contributed by atoms with E-state index >= 15 is 0 Å². The van der Waals surface area contributed by atoms with Crippen molar-refractivity contribution in [2.24, 2.45) is 5.92 Å². The summed E-state index contributed by atoms with van der Waals surface area (Å²) in [7, 11) is -3.61. The molecular formula is C23H30N2O4S2. The Morgan fingerprint density at radius 2 is 1.84 bits per heavy atom. The first-order valence-electron chi connectivity index (χ1n) is 11.0. The number of carbonyl (C=O) groups is 1. The van der Waals surface area contributed by atoms with Gasteiger partial charge in [0, 0.05) is 24.4 Å². The van der Waals surface area contributed by atoms with Crippen molar-refractivity contribution in [1.82, 2.24) is 9.21 Å². The predicted octanol–water partition coefficient (Wildman–Crippen LogP) is 3.18. The summed E-state index contributed by atoms with van der Waals surface area (Å²) in [4.78, 5) is 14.6. The van der Waals surface area contributed by atoms with Gasteiger partial charge in [0.25, 0.3) is 0 Å². The van der Waals surface area contributed by atoms with Crippen LogP contribution in [0.2, 0.25) is 0 Å². The average Bonchev–Trinajstić information content (AvgIpc) is 3.15. The van der Waals surface area contributed by atoms with Crippen LogP contribution in [-0.4, -0.2) is 67.7 Å². The Balaban J connectivity index is 1.47. The molecule has 0 amide bonds. The summed E-state index contributed by atoms with van der Waals surface area (Å²) in [5, 5.41) is 1.97. The lowest BCUT2D eigenvalue weighted by Gasteiger charge is -2.34. The fourth-order valence-electron chi connectivity index (χ4n) is 4.70. The van der Waals surface area contributed by atoms with Crippen LogP contribution in [-0.2, 0) is 19.6 Å². The zero-order valence-corrected chi connectivity index (χ0v) is 19.5. The Bertz CT molecular complexity index is 1030. The number of carbonyl (C=O) groups excluding carboxylic acids is 1. The van der Waals surface area contributed by atoms with Crippen LogP contribution in [0.3, 0.4) is 0 Å². The Hall–Kier alpha value is -1.61. The van der Waals surface area contributed by atoms with E-state index in [0.717, 1.165) is 43.1 Å². The highest BCUT2D eigenvalue weighted by Gasteiger charge is 2.40. The fourth-order valence-corrected chi connectivity index (χ4v) is 6.93. The van der Waals surface area contributed by atoms with Gasteiger partial charge in [-0.05, 0) is 62.2 Å². The van der Waals surface area contributed by atoms with Crippen LogP contribution in [0, 0.1) is 5.92 Å². The van der Waals surface area contributed by atoms with E-state index in [1.807, 2.05) is 37.3 Å². The van der Waals surface area contributed by atoms with Crippen LogP contribution in [0.15, 0.2) is 47.4 Å². The van der Waals surface area contributed by atoms with Crippen LogP contribution in [0.1, 0.15) is 26.2 Å². The quantitative estimate of drug-likeness (QED) is 0.528. The van der Waals surface area contributed by atoms with Gasteiger partial charge in [0.15, 0.2) is 0 Å². The van der Waals surface area contributed by atoms with Crippen molar-refractivity contribution >= 4 is 39.4 Å². The molecule has 2 fully saturated rings. The summed E-state index contributed by atoms with van der Waals surface area (Å²) in [6.07, 6.45) is 2.24. The van der Waals surface area contributed by atoms with Crippen LogP contribution in [0.25, 0.3) is 10.8 Å². The van der Waals surface area contributed by atoms with Crippen molar-refractivity contribution in [1.29, 1.82) is 0 Å². The highest BCUT2D eigenvalue weighted by molar-refractivity contribution is 7.89. The van der Waals surface area contributed by atoms with E-state index in [4.69, 9.17) is 4.74 Å². The monoisotopic (exact) mass is 462 g/mol. The molecule has 2 heterocycles. The number of sulfonamides is 1. The summed E-state index contributed by atoms with van der Waals surface area (Å²) >= 11 is 4.61. The number of rotatable bonds is 6. The number of hydrogen-bond donors (Lipinski definition) is 1. The van der Waals surface area contributed by atoms with Crippen LogP contribution >= 0.6 is 12.6 Å². The van der Waals surface area contributed by atoms with Crippen molar-refractivity contribution in [3.63, 3.8) is 0 Å². The smallest absolute Gasteiger partial charge is 0.309 e. The zero-order valence-electron chi connectivity index (χ0n) is 17.8. The third-order valence-electron chi connectivity index (χ3n) is 6.35. The molecule has 2 saturated heterocycles. The van der Waals surface area contributed by atoms with E-state index < -0.39 is 10.0 Å². The molecule has 0 N–H and O–H groups in total. The number of benzene rings is 2. The first-order chi connectivity index (χ1) is 14.9. The molecule has 2 aromatic rings. The summed E-state index contributed by atoms with van der Waals surface area (Å²) in [6.45, 7) is 4.88. The second kappa shape index (κ2) is 9.48. The minimum absolute atomic E-state index is 0.0253. The van der Waals surface area contributed by atoms with Gasteiger partial charge in [0.1, 0.15) is 0 Å². The topological polar surface area (TPSA) is 66.9 Å². The third-order valence-corrected chi connectivity index (χ3v) is 8.63. The molecule has 0 radical (unpaired) electrons. The van der Waals surface area contributed by atoms with E-state index in [0.29, 0.717) is 24.6 Å². The first kappa shape index (κ1) is 22.6.